The van der Waals surface area contributed by atoms with Gasteiger partial charge in [0, 0.05) is 17.6 Å². The Morgan fingerprint density at radius 2 is 2.12 bits per heavy atom. The Morgan fingerprint density at radius 3 is 2.75 bits per heavy atom. The van der Waals surface area contributed by atoms with Gasteiger partial charge in [-0.05, 0) is 24.1 Å². The molecule has 1 heterocycles. The average molecular weight is 219 g/mol. The molecule has 1 aromatic carbocycles. The molecule has 84 valence electrons. The van der Waals surface area contributed by atoms with E-state index in [1.54, 1.807) is 18.5 Å². The van der Waals surface area contributed by atoms with Gasteiger partial charge in [-0.2, -0.15) is 0 Å². The number of hydrogen-bond donors (Lipinski definition) is 1. The number of nitrogens with two attached hydrogens (primary N) is 1. The van der Waals surface area contributed by atoms with Gasteiger partial charge in [-0.3, -0.25) is 0 Å². The largest absolute Gasteiger partial charge is 0.396 e. The van der Waals surface area contributed by atoms with E-state index in [-0.39, 0.29) is 5.69 Å². The zero-order chi connectivity index (χ0) is 11.7. The maximum atomic E-state index is 13.0. The van der Waals surface area contributed by atoms with Crippen LogP contribution in [-0.2, 0) is 0 Å². The topological polar surface area (TPSA) is 43.8 Å². The summed E-state index contributed by atoms with van der Waals surface area (Å²) in [6.07, 6.45) is 3.52. The summed E-state index contributed by atoms with van der Waals surface area (Å²) in [6, 6.07) is 4.68. The third kappa shape index (κ3) is 1.78. The summed E-state index contributed by atoms with van der Waals surface area (Å²) in [5.74, 6) is -0.0382. The molecule has 0 unspecified atom stereocenters. The minimum atomic E-state index is -0.394. The number of halogens is 1. The van der Waals surface area contributed by atoms with Gasteiger partial charge in [0.1, 0.15) is 5.82 Å². The molecule has 2 N–H and O–H groups in total. The van der Waals surface area contributed by atoms with Gasteiger partial charge in [0.15, 0.2) is 0 Å². The average Bonchev–Trinajstić information content (AvgIpc) is 2.71. The van der Waals surface area contributed by atoms with Crippen molar-refractivity contribution in [3.8, 4) is 5.69 Å². The van der Waals surface area contributed by atoms with Gasteiger partial charge in [0.2, 0.25) is 0 Å². The zero-order valence-corrected chi connectivity index (χ0v) is 9.31. The molecule has 0 spiro atoms. The lowest BCUT2D eigenvalue weighted by atomic mass is 10.1. The highest BCUT2D eigenvalue weighted by Crippen LogP contribution is 2.21. The Balaban J connectivity index is 2.50. The van der Waals surface area contributed by atoms with Gasteiger partial charge in [0.25, 0.3) is 0 Å². The van der Waals surface area contributed by atoms with Crippen LogP contribution in [0.25, 0.3) is 5.69 Å². The van der Waals surface area contributed by atoms with Gasteiger partial charge in [-0.15, -0.1) is 0 Å². The Hall–Kier alpha value is -1.84. The highest BCUT2D eigenvalue weighted by Gasteiger charge is 2.09. The normalized spacial score (nSPS) is 11.0. The van der Waals surface area contributed by atoms with Crippen LogP contribution in [0, 0.1) is 5.82 Å². The molecule has 2 rings (SSSR count). The molecular formula is C12H14FN3. The lowest BCUT2D eigenvalue weighted by Gasteiger charge is -2.11. The molecule has 0 aliphatic carbocycles. The predicted octanol–water partition coefficient (Wildman–Crippen LogP) is 2.72. The monoisotopic (exact) mass is 219 g/mol. The third-order valence-corrected chi connectivity index (χ3v) is 2.52. The van der Waals surface area contributed by atoms with E-state index in [0.717, 1.165) is 11.4 Å². The smallest absolute Gasteiger partial charge is 0.146 e. The maximum absolute atomic E-state index is 13.0. The van der Waals surface area contributed by atoms with Crippen molar-refractivity contribution in [3.05, 3.63) is 42.2 Å². The summed E-state index contributed by atoms with van der Waals surface area (Å²) in [5.41, 5.74) is 7.61. The second-order valence-electron chi connectivity index (χ2n) is 4.05. The highest BCUT2D eigenvalue weighted by atomic mass is 19.1. The van der Waals surface area contributed by atoms with E-state index in [0.29, 0.717) is 5.92 Å². The lowest BCUT2D eigenvalue weighted by Crippen LogP contribution is -2.02. The highest BCUT2D eigenvalue weighted by molar-refractivity contribution is 5.49. The first-order valence-corrected chi connectivity index (χ1v) is 5.17. The van der Waals surface area contributed by atoms with Crippen molar-refractivity contribution in [2.75, 3.05) is 5.73 Å². The van der Waals surface area contributed by atoms with Gasteiger partial charge >= 0.3 is 0 Å². The summed E-state index contributed by atoms with van der Waals surface area (Å²) in [4.78, 5) is 4.10. The predicted molar refractivity (Wildman–Crippen MR) is 62.0 cm³/mol. The van der Waals surface area contributed by atoms with Crippen LogP contribution in [0.2, 0.25) is 0 Å². The summed E-state index contributed by atoms with van der Waals surface area (Å²) < 4.78 is 15.0. The van der Waals surface area contributed by atoms with Gasteiger partial charge in [-0.1, -0.05) is 13.8 Å². The molecule has 0 bridgehead atoms. The fourth-order valence-corrected chi connectivity index (χ4v) is 1.63. The number of aromatic nitrogens is 2. The van der Waals surface area contributed by atoms with Crippen molar-refractivity contribution >= 4 is 5.69 Å². The molecule has 0 fully saturated rings. The zero-order valence-electron chi connectivity index (χ0n) is 9.31. The van der Waals surface area contributed by atoms with Crippen molar-refractivity contribution in [2.45, 2.75) is 19.8 Å². The number of nitrogens with zero attached hydrogens (tertiary/aromatic N) is 2. The minimum absolute atomic E-state index is 0.154. The Morgan fingerprint density at radius 1 is 1.38 bits per heavy atom. The SMILES string of the molecule is CC(C)c1cncn1-c1ccc(F)c(N)c1. The summed E-state index contributed by atoms with van der Waals surface area (Å²) in [6.45, 7) is 4.17. The number of hydrogen-bond acceptors (Lipinski definition) is 2. The van der Waals surface area contributed by atoms with E-state index in [4.69, 9.17) is 5.73 Å². The van der Waals surface area contributed by atoms with Crippen LogP contribution < -0.4 is 5.73 Å². The number of anilines is 1. The van der Waals surface area contributed by atoms with E-state index < -0.39 is 5.82 Å². The number of imidazole rings is 1. The van der Waals surface area contributed by atoms with Crippen LogP contribution in [0.3, 0.4) is 0 Å². The van der Waals surface area contributed by atoms with Gasteiger partial charge in [0.05, 0.1) is 12.0 Å². The van der Waals surface area contributed by atoms with E-state index in [1.807, 2.05) is 10.8 Å². The fourth-order valence-electron chi connectivity index (χ4n) is 1.63. The van der Waals surface area contributed by atoms with Crippen molar-refractivity contribution < 1.29 is 4.39 Å². The second-order valence-corrected chi connectivity index (χ2v) is 4.05. The standard InChI is InChI=1S/C12H14FN3/c1-8(2)12-6-15-7-16(12)9-3-4-10(13)11(14)5-9/h3-8H,14H2,1-2H3. The molecule has 0 aliphatic heterocycles. The first kappa shape index (κ1) is 10.7. The Labute approximate surface area is 93.7 Å². The summed E-state index contributed by atoms with van der Waals surface area (Å²) in [7, 11) is 0. The van der Waals surface area contributed by atoms with E-state index in [9.17, 15) is 4.39 Å². The van der Waals surface area contributed by atoms with Crippen LogP contribution in [-0.4, -0.2) is 9.55 Å². The molecule has 0 saturated heterocycles. The van der Waals surface area contributed by atoms with Crippen molar-refractivity contribution in [2.24, 2.45) is 0 Å². The second kappa shape index (κ2) is 3.96. The molecule has 4 heteroatoms. The maximum Gasteiger partial charge on any atom is 0.146 e. The molecule has 1 aromatic heterocycles. The number of rotatable bonds is 2. The van der Waals surface area contributed by atoms with E-state index in [1.165, 1.54) is 6.07 Å². The molecule has 0 saturated carbocycles. The van der Waals surface area contributed by atoms with Crippen LogP contribution in [0.1, 0.15) is 25.5 Å². The first-order chi connectivity index (χ1) is 7.59. The first-order valence-electron chi connectivity index (χ1n) is 5.17. The minimum Gasteiger partial charge on any atom is -0.396 e. The van der Waals surface area contributed by atoms with Crippen LogP contribution in [0.4, 0.5) is 10.1 Å². The van der Waals surface area contributed by atoms with E-state index in [2.05, 4.69) is 18.8 Å². The summed E-state index contributed by atoms with van der Waals surface area (Å²) in [5, 5.41) is 0. The van der Waals surface area contributed by atoms with Crippen molar-refractivity contribution in [1.82, 2.24) is 9.55 Å². The molecule has 3 nitrogen and oxygen atoms in total. The van der Waals surface area contributed by atoms with Gasteiger partial charge in [-0.25, -0.2) is 9.37 Å². The van der Waals surface area contributed by atoms with Crippen molar-refractivity contribution in [3.63, 3.8) is 0 Å². The molecule has 0 radical (unpaired) electrons. The van der Waals surface area contributed by atoms with E-state index >= 15 is 0 Å². The molecule has 2 aromatic rings. The quantitative estimate of drug-likeness (QED) is 0.789. The van der Waals surface area contributed by atoms with Crippen LogP contribution in [0.5, 0.6) is 0 Å². The molecule has 0 amide bonds. The lowest BCUT2D eigenvalue weighted by molar-refractivity contribution is 0.632. The van der Waals surface area contributed by atoms with Crippen LogP contribution >= 0.6 is 0 Å². The molecule has 0 aliphatic rings. The number of benzene rings is 1. The Bertz CT molecular complexity index is 503. The van der Waals surface area contributed by atoms with Crippen molar-refractivity contribution in [1.29, 1.82) is 0 Å². The third-order valence-electron chi connectivity index (χ3n) is 2.52. The molecule has 0 atom stereocenters. The molecule has 16 heavy (non-hydrogen) atoms. The molecular weight excluding hydrogens is 205 g/mol. The number of nitrogen functional groups attached to an aromatic ring is 1. The van der Waals surface area contributed by atoms with Crippen LogP contribution in [0.15, 0.2) is 30.7 Å². The Kier molecular flexibility index (Phi) is 2.64. The fraction of sp³-hybridized carbons (Fsp3) is 0.250. The summed E-state index contributed by atoms with van der Waals surface area (Å²) >= 11 is 0. The van der Waals surface area contributed by atoms with Gasteiger partial charge < -0.3 is 10.3 Å².